The largest absolute Gasteiger partial charge is 0.339 e. The highest BCUT2D eigenvalue weighted by Crippen LogP contribution is 2.23. The zero-order valence-corrected chi connectivity index (χ0v) is 13.3. The van der Waals surface area contributed by atoms with Crippen LogP contribution in [0.5, 0.6) is 0 Å². The van der Waals surface area contributed by atoms with E-state index >= 15 is 0 Å². The lowest BCUT2D eigenvalue weighted by Gasteiger charge is -2.26. The summed E-state index contributed by atoms with van der Waals surface area (Å²) >= 11 is 1.49. The van der Waals surface area contributed by atoms with Crippen LogP contribution in [0.2, 0.25) is 0 Å². The average molecular weight is 311 g/mol. The monoisotopic (exact) mass is 311 g/mol. The Bertz CT molecular complexity index is 777. The molecule has 5 nitrogen and oxygen atoms in total. The second-order valence-electron chi connectivity index (χ2n) is 5.58. The Kier molecular flexibility index (Phi) is 3.38. The van der Waals surface area contributed by atoms with Crippen molar-refractivity contribution in [3.8, 4) is 0 Å². The van der Waals surface area contributed by atoms with Crippen LogP contribution in [0, 0.1) is 6.92 Å². The summed E-state index contributed by atoms with van der Waals surface area (Å²) < 4.78 is 6.61. The Balaban J connectivity index is 1.50. The van der Waals surface area contributed by atoms with Gasteiger partial charge < -0.3 is 4.90 Å². The molecule has 2 aromatic heterocycles. The highest BCUT2D eigenvalue weighted by Gasteiger charge is 2.20. The van der Waals surface area contributed by atoms with Gasteiger partial charge in [0.15, 0.2) is 0 Å². The van der Waals surface area contributed by atoms with Crippen LogP contribution < -0.4 is 4.90 Å². The molecule has 0 radical (unpaired) electrons. The predicted octanol–water partition coefficient (Wildman–Crippen LogP) is 2.65. The van der Waals surface area contributed by atoms with Crippen LogP contribution in [-0.4, -0.2) is 25.7 Å². The Morgan fingerprint density at radius 3 is 2.91 bits per heavy atom. The van der Waals surface area contributed by atoms with Crippen molar-refractivity contribution in [1.29, 1.82) is 0 Å². The van der Waals surface area contributed by atoms with Crippen molar-refractivity contribution in [1.82, 2.24) is 19.1 Å². The van der Waals surface area contributed by atoms with Crippen LogP contribution in [0.4, 0.5) is 5.13 Å². The van der Waals surface area contributed by atoms with Gasteiger partial charge in [0.25, 0.3) is 0 Å². The lowest BCUT2D eigenvalue weighted by Crippen LogP contribution is -2.33. The maximum Gasteiger partial charge on any atom is 0.205 e. The number of aryl methyl sites for hydroxylation is 1. The zero-order valence-electron chi connectivity index (χ0n) is 12.4. The van der Waals surface area contributed by atoms with E-state index in [0.717, 1.165) is 42.7 Å². The second kappa shape index (κ2) is 5.53. The Labute approximate surface area is 133 Å². The summed E-state index contributed by atoms with van der Waals surface area (Å²) in [6.07, 6.45) is 0.794. The first-order valence-electron chi connectivity index (χ1n) is 7.43. The third kappa shape index (κ3) is 2.62. The van der Waals surface area contributed by atoms with E-state index in [1.807, 2.05) is 13.0 Å². The van der Waals surface area contributed by atoms with E-state index in [0.29, 0.717) is 0 Å². The zero-order chi connectivity index (χ0) is 14.9. The van der Waals surface area contributed by atoms with Crippen molar-refractivity contribution in [3.63, 3.8) is 0 Å². The smallest absolute Gasteiger partial charge is 0.205 e. The highest BCUT2D eigenvalue weighted by molar-refractivity contribution is 7.09. The van der Waals surface area contributed by atoms with Crippen LogP contribution in [0.3, 0.4) is 0 Å². The van der Waals surface area contributed by atoms with Gasteiger partial charge in [0.05, 0.1) is 24.5 Å². The minimum Gasteiger partial charge on any atom is -0.339 e. The number of hydrogen-bond donors (Lipinski definition) is 0. The topological polar surface area (TPSA) is 46.8 Å². The molecule has 3 aromatic rings. The highest BCUT2D eigenvalue weighted by atomic mass is 32.1. The average Bonchev–Trinajstić information content (AvgIpc) is 3.13. The molecule has 1 aliphatic rings. The van der Waals surface area contributed by atoms with E-state index < -0.39 is 0 Å². The summed E-state index contributed by atoms with van der Waals surface area (Å²) in [7, 11) is 0. The fourth-order valence-electron chi connectivity index (χ4n) is 2.80. The minimum absolute atomic E-state index is 0.794. The molecule has 0 saturated heterocycles. The number of fused-ring (bicyclic) bond motifs is 1. The molecular formula is C16H17N5S. The normalized spacial score (nSPS) is 14.1. The molecule has 0 spiro atoms. The van der Waals surface area contributed by atoms with E-state index in [1.54, 1.807) is 0 Å². The van der Waals surface area contributed by atoms with Crippen LogP contribution in [0.15, 0.2) is 36.4 Å². The van der Waals surface area contributed by atoms with E-state index in [-0.39, 0.29) is 0 Å². The number of anilines is 1. The maximum absolute atomic E-state index is 4.71. The lowest BCUT2D eigenvalue weighted by atomic mass is 10.1. The molecule has 0 unspecified atom stereocenters. The SMILES string of the molecule is Cc1cc2n(n1)CCN(c1nc(Cc3ccccc3)ns1)C2. The van der Waals surface area contributed by atoms with Crippen molar-refractivity contribution >= 4 is 16.7 Å². The molecule has 1 aromatic carbocycles. The summed E-state index contributed by atoms with van der Waals surface area (Å²) in [6.45, 7) is 4.75. The summed E-state index contributed by atoms with van der Waals surface area (Å²) in [6, 6.07) is 12.5. The molecule has 6 heteroatoms. The first-order chi connectivity index (χ1) is 10.8. The fraction of sp³-hybridized carbons (Fsp3) is 0.312. The molecular weight excluding hydrogens is 294 g/mol. The van der Waals surface area contributed by atoms with Gasteiger partial charge in [-0.2, -0.15) is 9.47 Å². The molecule has 1 aliphatic heterocycles. The van der Waals surface area contributed by atoms with Crippen molar-refractivity contribution in [3.05, 3.63) is 59.2 Å². The molecule has 112 valence electrons. The quantitative estimate of drug-likeness (QED) is 0.746. The Morgan fingerprint density at radius 2 is 2.05 bits per heavy atom. The molecule has 0 aliphatic carbocycles. The first kappa shape index (κ1) is 13.5. The van der Waals surface area contributed by atoms with Gasteiger partial charge in [-0.3, -0.25) is 4.68 Å². The van der Waals surface area contributed by atoms with Gasteiger partial charge >= 0.3 is 0 Å². The number of aromatic nitrogens is 4. The molecule has 0 amide bonds. The van der Waals surface area contributed by atoms with Crippen LogP contribution >= 0.6 is 11.5 Å². The summed E-state index contributed by atoms with van der Waals surface area (Å²) in [5.41, 5.74) is 3.58. The lowest BCUT2D eigenvalue weighted by molar-refractivity contribution is 0.517. The molecule has 0 saturated carbocycles. The molecule has 0 fully saturated rings. The Hall–Kier alpha value is -2.21. The van der Waals surface area contributed by atoms with E-state index in [4.69, 9.17) is 4.98 Å². The number of rotatable bonds is 3. The third-order valence-electron chi connectivity index (χ3n) is 3.85. The molecule has 3 heterocycles. The van der Waals surface area contributed by atoms with Gasteiger partial charge in [-0.25, -0.2) is 4.98 Å². The van der Waals surface area contributed by atoms with E-state index in [1.165, 1.54) is 22.8 Å². The van der Waals surface area contributed by atoms with Gasteiger partial charge in [0.1, 0.15) is 5.82 Å². The van der Waals surface area contributed by atoms with Gasteiger partial charge in [-0.05, 0) is 18.6 Å². The van der Waals surface area contributed by atoms with Gasteiger partial charge in [0.2, 0.25) is 5.13 Å². The standard InChI is InChI=1S/C16H17N5S/c1-12-9-14-11-20(7-8-21(14)18-12)16-17-15(19-22-16)10-13-5-3-2-4-6-13/h2-6,9H,7-8,10-11H2,1H3. The van der Waals surface area contributed by atoms with Crippen LogP contribution in [0.25, 0.3) is 0 Å². The van der Waals surface area contributed by atoms with Crippen molar-refractivity contribution in [2.75, 3.05) is 11.4 Å². The number of hydrogen-bond acceptors (Lipinski definition) is 5. The van der Waals surface area contributed by atoms with Gasteiger partial charge in [-0.15, -0.1) is 0 Å². The molecule has 22 heavy (non-hydrogen) atoms. The summed E-state index contributed by atoms with van der Waals surface area (Å²) in [5.74, 6) is 0.904. The minimum atomic E-state index is 0.794. The van der Waals surface area contributed by atoms with Crippen LogP contribution in [0.1, 0.15) is 22.8 Å². The van der Waals surface area contributed by atoms with E-state index in [9.17, 15) is 0 Å². The molecule has 0 bridgehead atoms. The second-order valence-corrected chi connectivity index (χ2v) is 6.31. The van der Waals surface area contributed by atoms with Gasteiger partial charge in [-0.1, -0.05) is 30.3 Å². The Morgan fingerprint density at radius 1 is 1.18 bits per heavy atom. The first-order valence-corrected chi connectivity index (χ1v) is 8.20. The predicted molar refractivity (Wildman–Crippen MR) is 87.2 cm³/mol. The van der Waals surface area contributed by atoms with Crippen molar-refractivity contribution in [2.45, 2.75) is 26.4 Å². The number of benzene rings is 1. The molecule has 4 rings (SSSR count). The number of nitrogens with zero attached hydrogens (tertiary/aromatic N) is 5. The summed E-state index contributed by atoms with van der Waals surface area (Å²) in [4.78, 5) is 7.01. The van der Waals surface area contributed by atoms with Crippen molar-refractivity contribution in [2.24, 2.45) is 0 Å². The van der Waals surface area contributed by atoms with Gasteiger partial charge in [0, 0.05) is 24.5 Å². The van der Waals surface area contributed by atoms with Crippen LogP contribution in [-0.2, 0) is 19.5 Å². The maximum atomic E-state index is 4.71. The van der Waals surface area contributed by atoms with E-state index in [2.05, 4.69) is 49.4 Å². The third-order valence-corrected chi connectivity index (χ3v) is 4.67. The summed E-state index contributed by atoms with van der Waals surface area (Å²) in [5, 5.41) is 5.51. The fourth-order valence-corrected chi connectivity index (χ4v) is 3.51. The molecule has 0 N–H and O–H groups in total. The van der Waals surface area contributed by atoms with Crippen molar-refractivity contribution < 1.29 is 0 Å². The molecule has 0 atom stereocenters.